The maximum Gasteiger partial charge on any atom is 0.290 e. The third kappa shape index (κ3) is 4.97. The SMILES string of the molecule is CC1(NC(=O)C2=C(Sc3ccccc3)C(OCCN)NO2)CC2CCCC(C2)C1. The van der Waals surface area contributed by atoms with E-state index in [1.807, 2.05) is 30.3 Å². The molecule has 3 unspecified atom stereocenters. The van der Waals surface area contributed by atoms with Gasteiger partial charge >= 0.3 is 0 Å². The number of nitrogens with two attached hydrogens (primary N) is 1. The first-order valence-corrected chi connectivity index (χ1v) is 11.4. The Labute approximate surface area is 176 Å². The predicted molar refractivity (Wildman–Crippen MR) is 114 cm³/mol. The second-order valence-electron chi connectivity index (χ2n) is 8.69. The van der Waals surface area contributed by atoms with Gasteiger partial charge in [-0.1, -0.05) is 49.2 Å². The number of rotatable bonds is 7. The van der Waals surface area contributed by atoms with Crippen LogP contribution in [0.3, 0.4) is 0 Å². The second kappa shape index (κ2) is 9.08. The zero-order chi connectivity index (χ0) is 20.3. The monoisotopic (exact) mass is 417 g/mol. The Hall–Kier alpha value is -1.54. The molecule has 158 valence electrons. The number of hydrogen-bond donors (Lipinski definition) is 3. The van der Waals surface area contributed by atoms with Crippen molar-refractivity contribution in [2.45, 2.75) is 62.1 Å². The number of benzene rings is 1. The molecule has 2 aliphatic carbocycles. The summed E-state index contributed by atoms with van der Waals surface area (Å²) in [5, 5.41) is 3.30. The number of hydroxylamine groups is 1. The Morgan fingerprint density at radius 1 is 1.31 bits per heavy atom. The highest BCUT2D eigenvalue weighted by molar-refractivity contribution is 8.03. The van der Waals surface area contributed by atoms with Crippen molar-refractivity contribution in [3.63, 3.8) is 0 Å². The molecule has 0 aromatic heterocycles. The highest BCUT2D eigenvalue weighted by Gasteiger charge is 2.42. The van der Waals surface area contributed by atoms with Crippen LogP contribution in [-0.2, 0) is 14.4 Å². The van der Waals surface area contributed by atoms with Crippen molar-refractivity contribution in [1.82, 2.24) is 10.8 Å². The van der Waals surface area contributed by atoms with Gasteiger partial charge in [-0.3, -0.25) is 4.79 Å². The minimum absolute atomic E-state index is 0.169. The Morgan fingerprint density at radius 2 is 2.03 bits per heavy atom. The normalized spacial score (nSPS) is 31.4. The van der Waals surface area contributed by atoms with Gasteiger partial charge in [0.05, 0.1) is 11.5 Å². The molecule has 4 rings (SSSR count). The summed E-state index contributed by atoms with van der Waals surface area (Å²) in [7, 11) is 0. The smallest absolute Gasteiger partial charge is 0.290 e. The number of carbonyl (C=O) groups excluding carboxylic acids is 1. The van der Waals surface area contributed by atoms with Crippen molar-refractivity contribution in [2.24, 2.45) is 17.6 Å². The molecule has 0 radical (unpaired) electrons. The van der Waals surface area contributed by atoms with Crippen LogP contribution in [0.2, 0.25) is 0 Å². The summed E-state index contributed by atoms with van der Waals surface area (Å²) in [5.41, 5.74) is 8.26. The third-order valence-corrected chi connectivity index (χ3v) is 7.22. The van der Waals surface area contributed by atoms with E-state index >= 15 is 0 Å². The van der Waals surface area contributed by atoms with E-state index in [-0.39, 0.29) is 11.4 Å². The fourth-order valence-electron chi connectivity index (χ4n) is 5.07. The molecule has 1 aliphatic heterocycles. The number of hydrogen-bond acceptors (Lipinski definition) is 6. The maximum absolute atomic E-state index is 13.2. The van der Waals surface area contributed by atoms with Crippen LogP contribution in [0.1, 0.15) is 45.4 Å². The average Bonchev–Trinajstić information content (AvgIpc) is 3.09. The van der Waals surface area contributed by atoms with E-state index in [0.717, 1.165) is 34.5 Å². The fourth-order valence-corrected chi connectivity index (χ4v) is 6.07. The van der Waals surface area contributed by atoms with Gasteiger partial charge in [0.15, 0.2) is 6.23 Å². The van der Waals surface area contributed by atoms with Gasteiger partial charge in [-0.15, -0.1) is 5.48 Å². The summed E-state index contributed by atoms with van der Waals surface area (Å²) < 4.78 is 5.77. The first-order chi connectivity index (χ1) is 14.1. The molecule has 29 heavy (non-hydrogen) atoms. The highest BCUT2D eigenvalue weighted by Crippen LogP contribution is 2.44. The average molecular weight is 418 g/mol. The summed E-state index contributed by atoms with van der Waals surface area (Å²) in [6.45, 7) is 2.98. The minimum Gasteiger partial charge on any atom is -0.399 e. The number of carbonyl (C=O) groups is 1. The molecule has 1 heterocycles. The lowest BCUT2D eigenvalue weighted by Gasteiger charge is -2.45. The molecule has 2 bridgehead atoms. The van der Waals surface area contributed by atoms with Crippen molar-refractivity contribution in [3.8, 4) is 0 Å². The van der Waals surface area contributed by atoms with Crippen molar-refractivity contribution >= 4 is 17.7 Å². The third-order valence-electron chi connectivity index (χ3n) is 6.09. The van der Waals surface area contributed by atoms with Crippen LogP contribution in [0.15, 0.2) is 45.9 Å². The summed E-state index contributed by atoms with van der Waals surface area (Å²) in [5.74, 6) is 1.58. The second-order valence-corrected chi connectivity index (χ2v) is 9.80. The standard InChI is InChI=1S/C22H31N3O3S/c1-22(13-15-6-5-7-16(12-15)14-22)24-20(26)18-19(21(25-28-18)27-11-10-23)29-17-8-3-2-4-9-17/h2-4,8-9,15-16,21,25H,5-7,10-14,23H2,1H3,(H,24,26). The molecule has 4 N–H and O–H groups in total. The Kier molecular flexibility index (Phi) is 6.49. The summed E-state index contributed by atoms with van der Waals surface area (Å²) in [6.07, 6.45) is 6.81. The van der Waals surface area contributed by atoms with Gasteiger partial charge in [0, 0.05) is 17.0 Å². The van der Waals surface area contributed by atoms with Gasteiger partial charge in [-0.2, -0.15) is 0 Å². The number of fused-ring (bicyclic) bond motifs is 2. The molecule has 2 fully saturated rings. The minimum atomic E-state index is -0.497. The molecular formula is C22H31N3O3S. The zero-order valence-corrected chi connectivity index (χ0v) is 17.8. The van der Waals surface area contributed by atoms with Gasteiger partial charge < -0.3 is 20.6 Å². The molecule has 1 aromatic carbocycles. The first-order valence-electron chi connectivity index (χ1n) is 10.6. The molecule has 0 spiro atoms. The summed E-state index contributed by atoms with van der Waals surface area (Å²) >= 11 is 1.49. The lowest BCUT2D eigenvalue weighted by molar-refractivity contribution is -0.125. The van der Waals surface area contributed by atoms with Crippen LogP contribution >= 0.6 is 11.8 Å². The zero-order valence-electron chi connectivity index (χ0n) is 17.0. The van der Waals surface area contributed by atoms with Crippen LogP contribution in [0, 0.1) is 11.8 Å². The molecule has 1 aromatic rings. The van der Waals surface area contributed by atoms with Gasteiger partial charge in [0.1, 0.15) is 0 Å². The molecule has 0 saturated heterocycles. The van der Waals surface area contributed by atoms with Crippen LogP contribution in [0.5, 0.6) is 0 Å². The van der Waals surface area contributed by atoms with E-state index in [2.05, 4.69) is 17.7 Å². The van der Waals surface area contributed by atoms with E-state index in [4.69, 9.17) is 15.3 Å². The quantitative estimate of drug-likeness (QED) is 0.631. The summed E-state index contributed by atoms with van der Waals surface area (Å²) in [6, 6.07) is 9.94. The first kappa shape index (κ1) is 20.7. The lowest BCUT2D eigenvalue weighted by Crippen LogP contribution is -2.52. The molecule has 3 aliphatic rings. The van der Waals surface area contributed by atoms with Gasteiger partial charge in [0.25, 0.3) is 5.91 Å². The fraction of sp³-hybridized carbons (Fsp3) is 0.591. The highest BCUT2D eigenvalue weighted by atomic mass is 32.2. The number of nitrogens with one attached hydrogen (secondary N) is 2. The number of thioether (sulfide) groups is 1. The van der Waals surface area contributed by atoms with E-state index in [9.17, 15) is 4.79 Å². The van der Waals surface area contributed by atoms with Crippen molar-refractivity contribution < 1.29 is 14.4 Å². The lowest BCUT2D eigenvalue weighted by atomic mass is 9.65. The van der Waals surface area contributed by atoms with Gasteiger partial charge in [0.2, 0.25) is 5.76 Å². The Morgan fingerprint density at radius 3 is 2.72 bits per heavy atom. The van der Waals surface area contributed by atoms with E-state index in [1.54, 1.807) is 0 Å². The van der Waals surface area contributed by atoms with E-state index in [0.29, 0.717) is 18.9 Å². The Bertz CT molecular complexity index is 743. The van der Waals surface area contributed by atoms with E-state index in [1.165, 1.54) is 37.4 Å². The maximum atomic E-state index is 13.2. The van der Waals surface area contributed by atoms with Crippen LogP contribution in [0.4, 0.5) is 0 Å². The molecular weight excluding hydrogens is 386 g/mol. The largest absolute Gasteiger partial charge is 0.399 e. The van der Waals surface area contributed by atoms with Gasteiger partial charge in [-0.05, 0) is 50.2 Å². The molecule has 6 nitrogen and oxygen atoms in total. The van der Waals surface area contributed by atoms with Crippen molar-refractivity contribution in [3.05, 3.63) is 41.0 Å². The number of ether oxygens (including phenoxy) is 1. The topological polar surface area (TPSA) is 85.6 Å². The van der Waals surface area contributed by atoms with Gasteiger partial charge in [-0.25, -0.2) is 0 Å². The van der Waals surface area contributed by atoms with Crippen molar-refractivity contribution in [1.29, 1.82) is 0 Å². The van der Waals surface area contributed by atoms with Crippen LogP contribution in [0.25, 0.3) is 0 Å². The molecule has 3 atom stereocenters. The predicted octanol–water partition coefficient (Wildman–Crippen LogP) is 3.30. The van der Waals surface area contributed by atoms with Crippen molar-refractivity contribution in [2.75, 3.05) is 13.2 Å². The summed E-state index contributed by atoms with van der Waals surface area (Å²) in [4.78, 5) is 20.6. The molecule has 7 heteroatoms. The van der Waals surface area contributed by atoms with E-state index < -0.39 is 6.23 Å². The molecule has 1 amide bonds. The Balaban J connectivity index is 1.52. The van der Waals surface area contributed by atoms with Crippen LogP contribution in [-0.4, -0.2) is 30.8 Å². The number of amides is 1. The molecule has 2 saturated carbocycles. The van der Waals surface area contributed by atoms with Crippen LogP contribution < -0.4 is 16.5 Å².